The van der Waals surface area contributed by atoms with Crippen molar-refractivity contribution in [1.82, 2.24) is 0 Å². The number of benzene rings is 4. The number of hydrogen-bond acceptors (Lipinski definition) is 7. The predicted molar refractivity (Wildman–Crippen MR) is 139 cm³/mol. The minimum Gasteiger partial charge on any atom is -0.508 e. The van der Waals surface area contributed by atoms with Crippen LogP contribution in [0.5, 0.6) is 23.0 Å². The molecule has 0 amide bonds. The van der Waals surface area contributed by atoms with Crippen molar-refractivity contribution in [3.8, 4) is 45.6 Å². The maximum absolute atomic E-state index is 12.8. The topological polar surface area (TPSA) is 110 Å². The Hall–Kier alpha value is -5.30. The fourth-order valence-corrected chi connectivity index (χ4v) is 4.12. The maximum atomic E-state index is 12.8. The minimum atomic E-state index is -0.284. The molecule has 4 aromatic carbocycles. The molecule has 0 fully saturated rings. The molecule has 0 radical (unpaired) electrons. The van der Waals surface area contributed by atoms with Gasteiger partial charge in [0.1, 0.15) is 45.7 Å². The van der Waals surface area contributed by atoms with Gasteiger partial charge in [0.15, 0.2) is 10.9 Å². The van der Waals surface area contributed by atoms with E-state index < -0.39 is 0 Å². The van der Waals surface area contributed by atoms with Crippen LogP contribution < -0.4 is 15.6 Å². The van der Waals surface area contributed by atoms with Gasteiger partial charge in [0.05, 0.1) is 16.3 Å². The molecule has 0 bridgehead atoms. The first-order valence-corrected chi connectivity index (χ1v) is 11.4. The molecule has 0 spiro atoms. The molecular weight excluding hydrogens is 472 g/mol. The molecule has 180 valence electrons. The summed E-state index contributed by atoms with van der Waals surface area (Å²) in [5, 5.41) is 20.3. The molecule has 37 heavy (non-hydrogen) atoms. The van der Waals surface area contributed by atoms with Crippen molar-refractivity contribution in [3.05, 3.63) is 118 Å². The van der Waals surface area contributed by atoms with Crippen molar-refractivity contribution in [2.45, 2.75) is 0 Å². The third-order valence-electron chi connectivity index (χ3n) is 5.96. The van der Waals surface area contributed by atoms with E-state index in [1.807, 2.05) is 0 Å². The molecule has 6 aromatic rings. The number of rotatable bonds is 4. The second-order valence-electron chi connectivity index (χ2n) is 8.43. The Labute approximate surface area is 209 Å². The Morgan fingerprint density at radius 1 is 0.595 bits per heavy atom. The molecule has 2 aromatic heterocycles. The quantitative estimate of drug-likeness (QED) is 0.293. The summed E-state index contributed by atoms with van der Waals surface area (Å²) < 4.78 is 17.8. The van der Waals surface area contributed by atoms with E-state index in [0.29, 0.717) is 50.3 Å². The van der Waals surface area contributed by atoms with Crippen LogP contribution in [-0.4, -0.2) is 10.2 Å². The monoisotopic (exact) mass is 490 g/mol. The first-order valence-electron chi connectivity index (χ1n) is 11.4. The van der Waals surface area contributed by atoms with Crippen LogP contribution in [0.1, 0.15) is 0 Å². The number of ether oxygens (including phenoxy) is 1. The summed E-state index contributed by atoms with van der Waals surface area (Å²) in [5.41, 5.74) is 1.26. The molecular formula is C30H18O7. The lowest BCUT2D eigenvalue weighted by Crippen LogP contribution is -2.01. The number of aromatic hydroxyl groups is 2. The van der Waals surface area contributed by atoms with Gasteiger partial charge in [-0.2, -0.15) is 0 Å². The van der Waals surface area contributed by atoms with Crippen LogP contribution in [0.3, 0.4) is 0 Å². The van der Waals surface area contributed by atoms with Crippen LogP contribution in [0, 0.1) is 0 Å². The van der Waals surface area contributed by atoms with Gasteiger partial charge in [-0.25, -0.2) is 0 Å². The number of phenolic OH excluding ortho intramolecular Hbond substituents is 2. The summed E-state index contributed by atoms with van der Waals surface area (Å²) in [6, 6.07) is 25.4. The zero-order valence-corrected chi connectivity index (χ0v) is 19.2. The summed E-state index contributed by atoms with van der Waals surface area (Å²) in [6.45, 7) is 0. The van der Waals surface area contributed by atoms with E-state index in [-0.39, 0.29) is 28.1 Å². The molecule has 2 N–H and O–H groups in total. The highest BCUT2D eigenvalue weighted by Gasteiger charge is 2.13. The number of hydrogen-bond donors (Lipinski definition) is 2. The number of phenols is 2. The molecule has 2 heterocycles. The van der Waals surface area contributed by atoms with Gasteiger partial charge < -0.3 is 23.8 Å². The zero-order chi connectivity index (χ0) is 25.5. The van der Waals surface area contributed by atoms with E-state index in [9.17, 15) is 19.8 Å². The molecule has 0 unspecified atom stereocenters. The minimum absolute atomic E-state index is 0.0153. The fourth-order valence-electron chi connectivity index (χ4n) is 4.12. The van der Waals surface area contributed by atoms with E-state index in [1.54, 1.807) is 66.7 Å². The summed E-state index contributed by atoms with van der Waals surface area (Å²) in [7, 11) is 0. The third-order valence-corrected chi connectivity index (χ3v) is 5.96. The average Bonchev–Trinajstić information content (AvgIpc) is 2.89. The summed E-state index contributed by atoms with van der Waals surface area (Å²) in [5.74, 6) is 1.55. The predicted octanol–water partition coefficient (Wildman–Crippen LogP) is 6.44. The van der Waals surface area contributed by atoms with Crippen molar-refractivity contribution in [1.29, 1.82) is 0 Å². The van der Waals surface area contributed by atoms with Crippen molar-refractivity contribution in [3.63, 3.8) is 0 Å². The Balaban J connectivity index is 1.35. The number of para-hydroxylation sites is 1. The van der Waals surface area contributed by atoms with Crippen molar-refractivity contribution < 1.29 is 23.8 Å². The summed E-state index contributed by atoms with van der Waals surface area (Å²) >= 11 is 0. The second kappa shape index (κ2) is 8.73. The van der Waals surface area contributed by atoms with E-state index in [0.717, 1.165) is 0 Å². The van der Waals surface area contributed by atoms with E-state index in [4.69, 9.17) is 13.6 Å². The van der Waals surface area contributed by atoms with Gasteiger partial charge >= 0.3 is 0 Å². The molecule has 0 saturated carbocycles. The van der Waals surface area contributed by atoms with Crippen LogP contribution in [0.15, 0.2) is 115 Å². The molecule has 7 nitrogen and oxygen atoms in total. The van der Waals surface area contributed by atoms with Gasteiger partial charge in [-0.1, -0.05) is 12.1 Å². The molecule has 0 aliphatic heterocycles. The zero-order valence-electron chi connectivity index (χ0n) is 19.2. The first-order chi connectivity index (χ1) is 17.9. The smallest absolute Gasteiger partial charge is 0.193 e. The highest BCUT2D eigenvalue weighted by Crippen LogP contribution is 2.32. The fraction of sp³-hybridized carbons (Fsp3) is 0. The Morgan fingerprint density at radius 2 is 1.27 bits per heavy atom. The Kier molecular flexibility index (Phi) is 5.23. The molecule has 0 aliphatic rings. The van der Waals surface area contributed by atoms with E-state index in [1.165, 1.54) is 30.3 Å². The molecule has 0 saturated heterocycles. The van der Waals surface area contributed by atoms with Crippen molar-refractivity contribution in [2.75, 3.05) is 0 Å². The van der Waals surface area contributed by atoms with Gasteiger partial charge in [-0.05, 0) is 66.7 Å². The van der Waals surface area contributed by atoms with Crippen molar-refractivity contribution in [2.24, 2.45) is 0 Å². The maximum Gasteiger partial charge on any atom is 0.193 e. The average molecular weight is 490 g/mol. The first kappa shape index (κ1) is 22.2. The van der Waals surface area contributed by atoms with Gasteiger partial charge in [0.2, 0.25) is 0 Å². The summed E-state index contributed by atoms with van der Waals surface area (Å²) in [4.78, 5) is 25.5. The molecule has 6 rings (SSSR count). The Morgan fingerprint density at radius 3 is 2.08 bits per heavy atom. The largest absolute Gasteiger partial charge is 0.508 e. The van der Waals surface area contributed by atoms with E-state index in [2.05, 4.69) is 0 Å². The van der Waals surface area contributed by atoms with Crippen LogP contribution in [0.4, 0.5) is 0 Å². The van der Waals surface area contributed by atoms with Crippen LogP contribution in [-0.2, 0) is 0 Å². The summed E-state index contributed by atoms with van der Waals surface area (Å²) in [6.07, 6.45) is 0. The van der Waals surface area contributed by atoms with Gasteiger partial charge in [-0.3, -0.25) is 9.59 Å². The molecule has 0 atom stereocenters. The standard InChI is InChI=1S/C30H18O7/c31-18-7-5-17(6-8-18)28-15-25(33)22-11-9-20(14-29(22)37-28)35-19-10-12-27-23(13-19)26(34)16-30(36-27)21-3-1-2-4-24(21)32/h1-16,31-32H. The lowest BCUT2D eigenvalue weighted by atomic mass is 10.1. The van der Waals surface area contributed by atoms with Crippen molar-refractivity contribution >= 4 is 21.9 Å². The molecule has 7 heteroatoms. The van der Waals surface area contributed by atoms with Crippen LogP contribution in [0.25, 0.3) is 44.6 Å². The highest BCUT2D eigenvalue weighted by atomic mass is 16.5. The van der Waals surface area contributed by atoms with Gasteiger partial charge in [-0.15, -0.1) is 0 Å². The SMILES string of the molecule is O=c1cc(-c2ccc(O)cc2)oc2cc(Oc3ccc4oc(-c5ccccc5O)cc(=O)c4c3)ccc12. The number of fused-ring (bicyclic) bond motifs is 2. The van der Waals surface area contributed by atoms with Gasteiger partial charge in [0, 0.05) is 23.8 Å². The second-order valence-corrected chi connectivity index (χ2v) is 8.43. The highest BCUT2D eigenvalue weighted by molar-refractivity contribution is 5.82. The van der Waals surface area contributed by atoms with Gasteiger partial charge in [0.25, 0.3) is 0 Å². The van der Waals surface area contributed by atoms with E-state index >= 15 is 0 Å². The Bertz CT molecular complexity index is 1910. The lowest BCUT2D eigenvalue weighted by Gasteiger charge is -2.09. The van der Waals surface area contributed by atoms with Crippen LogP contribution in [0.2, 0.25) is 0 Å². The van der Waals surface area contributed by atoms with Crippen LogP contribution >= 0.6 is 0 Å². The lowest BCUT2D eigenvalue weighted by molar-refractivity contribution is 0.473. The molecule has 0 aliphatic carbocycles. The third kappa shape index (κ3) is 4.19. The normalized spacial score (nSPS) is 11.1.